The standard InChI is InChI=1S/C11H15N5O/c1-7(11(17)16(2)3)15-10-9(13)8(6-12)4-5-14-10/h4-5,7H,13H2,1-3H3,(H,14,15). The number of likely N-dealkylation sites (N-methyl/N-ethyl adjacent to an activating group) is 1. The molecule has 0 aromatic carbocycles. The molecular weight excluding hydrogens is 218 g/mol. The van der Waals surface area contributed by atoms with Crippen molar-refractivity contribution in [3.8, 4) is 6.07 Å². The largest absolute Gasteiger partial charge is 0.395 e. The second kappa shape index (κ2) is 5.16. The first-order valence-electron chi connectivity index (χ1n) is 5.09. The molecule has 0 saturated heterocycles. The maximum Gasteiger partial charge on any atom is 0.244 e. The number of nitrogen functional groups attached to an aromatic ring is 1. The Hall–Kier alpha value is -2.29. The lowest BCUT2D eigenvalue weighted by Crippen LogP contribution is -2.37. The predicted octanol–water partition coefficient (Wildman–Crippen LogP) is 0.424. The van der Waals surface area contributed by atoms with Crippen LogP contribution in [0.3, 0.4) is 0 Å². The highest BCUT2D eigenvalue weighted by atomic mass is 16.2. The summed E-state index contributed by atoms with van der Waals surface area (Å²) < 4.78 is 0. The van der Waals surface area contributed by atoms with E-state index >= 15 is 0 Å². The van der Waals surface area contributed by atoms with E-state index in [2.05, 4.69) is 10.3 Å². The van der Waals surface area contributed by atoms with Crippen molar-refractivity contribution in [1.29, 1.82) is 5.26 Å². The van der Waals surface area contributed by atoms with Crippen molar-refractivity contribution in [1.82, 2.24) is 9.88 Å². The molecule has 0 spiro atoms. The summed E-state index contributed by atoms with van der Waals surface area (Å²) in [7, 11) is 3.34. The van der Waals surface area contributed by atoms with Crippen molar-refractivity contribution in [2.45, 2.75) is 13.0 Å². The number of carbonyl (C=O) groups is 1. The van der Waals surface area contributed by atoms with Gasteiger partial charge < -0.3 is 16.0 Å². The molecule has 0 aliphatic carbocycles. The fourth-order valence-corrected chi connectivity index (χ4v) is 1.34. The molecule has 1 rings (SSSR count). The van der Waals surface area contributed by atoms with Crippen molar-refractivity contribution >= 4 is 17.4 Å². The number of anilines is 2. The minimum absolute atomic E-state index is 0.0893. The van der Waals surface area contributed by atoms with Gasteiger partial charge in [-0.3, -0.25) is 4.79 Å². The van der Waals surface area contributed by atoms with Gasteiger partial charge in [-0.15, -0.1) is 0 Å². The zero-order chi connectivity index (χ0) is 13.0. The second-order valence-electron chi connectivity index (χ2n) is 3.83. The van der Waals surface area contributed by atoms with Crippen LogP contribution in [-0.2, 0) is 4.79 Å². The maximum atomic E-state index is 11.6. The number of nitriles is 1. The van der Waals surface area contributed by atoms with E-state index in [1.54, 1.807) is 21.0 Å². The van der Waals surface area contributed by atoms with E-state index in [0.29, 0.717) is 11.4 Å². The average Bonchev–Trinajstić information content (AvgIpc) is 2.30. The van der Waals surface area contributed by atoms with Crippen LogP contribution < -0.4 is 11.1 Å². The quantitative estimate of drug-likeness (QED) is 0.789. The Morgan fingerprint density at radius 1 is 1.65 bits per heavy atom. The highest BCUT2D eigenvalue weighted by Crippen LogP contribution is 2.19. The first kappa shape index (κ1) is 12.8. The Labute approximate surface area is 100 Å². The molecule has 0 radical (unpaired) electrons. The summed E-state index contributed by atoms with van der Waals surface area (Å²) in [6.45, 7) is 1.71. The highest BCUT2D eigenvalue weighted by Gasteiger charge is 2.16. The molecule has 3 N–H and O–H groups in total. The molecule has 1 unspecified atom stereocenters. The summed E-state index contributed by atoms with van der Waals surface area (Å²) in [6.07, 6.45) is 1.48. The number of pyridine rings is 1. The van der Waals surface area contributed by atoms with Crippen molar-refractivity contribution in [3.63, 3.8) is 0 Å². The molecule has 90 valence electrons. The number of aromatic nitrogens is 1. The molecule has 1 aromatic rings. The van der Waals surface area contributed by atoms with E-state index in [1.165, 1.54) is 17.2 Å². The zero-order valence-electron chi connectivity index (χ0n) is 10.1. The van der Waals surface area contributed by atoms with Gasteiger partial charge in [0, 0.05) is 20.3 Å². The average molecular weight is 233 g/mol. The summed E-state index contributed by atoms with van der Waals surface area (Å²) in [4.78, 5) is 17.1. The lowest BCUT2D eigenvalue weighted by molar-refractivity contribution is -0.129. The number of hydrogen-bond acceptors (Lipinski definition) is 5. The Kier molecular flexibility index (Phi) is 3.88. The van der Waals surface area contributed by atoms with E-state index < -0.39 is 6.04 Å². The Morgan fingerprint density at radius 2 is 2.29 bits per heavy atom. The molecule has 1 heterocycles. The third kappa shape index (κ3) is 2.84. The molecular formula is C11H15N5O. The SMILES string of the molecule is CC(Nc1nccc(C#N)c1N)C(=O)N(C)C. The van der Waals surface area contributed by atoms with Gasteiger partial charge >= 0.3 is 0 Å². The Balaban J connectivity index is 2.90. The van der Waals surface area contributed by atoms with Gasteiger partial charge in [0.25, 0.3) is 0 Å². The molecule has 6 nitrogen and oxygen atoms in total. The van der Waals surface area contributed by atoms with E-state index in [-0.39, 0.29) is 11.6 Å². The monoisotopic (exact) mass is 233 g/mol. The van der Waals surface area contributed by atoms with Gasteiger partial charge in [-0.25, -0.2) is 4.98 Å². The Morgan fingerprint density at radius 3 is 2.82 bits per heavy atom. The van der Waals surface area contributed by atoms with Gasteiger partial charge in [-0.1, -0.05) is 0 Å². The Bertz CT molecular complexity index is 463. The van der Waals surface area contributed by atoms with Crippen LogP contribution in [0.5, 0.6) is 0 Å². The molecule has 0 aliphatic heterocycles. The van der Waals surface area contributed by atoms with Crippen LogP contribution in [-0.4, -0.2) is 35.9 Å². The van der Waals surface area contributed by atoms with Crippen molar-refractivity contribution in [2.75, 3.05) is 25.1 Å². The lowest BCUT2D eigenvalue weighted by atomic mass is 10.2. The molecule has 17 heavy (non-hydrogen) atoms. The van der Waals surface area contributed by atoms with Crippen LogP contribution in [0, 0.1) is 11.3 Å². The summed E-state index contributed by atoms with van der Waals surface area (Å²) in [5.41, 5.74) is 6.34. The molecule has 1 amide bonds. The molecule has 0 fully saturated rings. The van der Waals surface area contributed by atoms with Crippen molar-refractivity contribution in [2.24, 2.45) is 0 Å². The number of rotatable bonds is 3. The van der Waals surface area contributed by atoms with E-state index in [9.17, 15) is 4.79 Å². The molecule has 6 heteroatoms. The van der Waals surface area contributed by atoms with Crippen molar-refractivity contribution in [3.05, 3.63) is 17.8 Å². The second-order valence-corrected chi connectivity index (χ2v) is 3.83. The van der Waals surface area contributed by atoms with Crippen LogP contribution in [0.2, 0.25) is 0 Å². The van der Waals surface area contributed by atoms with Gasteiger partial charge in [0.05, 0.1) is 11.3 Å². The van der Waals surface area contributed by atoms with E-state index in [4.69, 9.17) is 11.0 Å². The first-order valence-corrected chi connectivity index (χ1v) is 5.09. The smallest absolute Gasteiger partial charge is 0.244 e. The molecule has 1 atom stereocenters. The van der Waals surface area contributed by atoms with Gasteiger partial charge in [0.2, 0.25) is 5.91 Å². The highest BCUT2D eigenvalue weighted by molar-refractivity contribution is 5.85. The number of amides is 1. The van der Waals surface area contributed by atoms with Crippen LogP contribution in [0.4, 0.5) is 11.5 Å². The number of nitrogens with two attached hydrogens (primary N) is 1. The summed E-state index contributed by atoms with van der Waals surface area (Å²) in [5, 5.41) is 11.7. The normalized spacial score (nSPS) is 11.4. The van der Waals surface area contributed by atoms with E-state index in [0.717, 1.165) is 0 Å². The van der Waals surface area contributed by atoms with Crippen LogP contribution >= 0.6 is 0 Å². The van der Waals surface area contributed by atoms with Crippen LogP contribution in [0.25, 0.3) is 0 Å². The van der Waals surface area contributed by atoms with E-state index in [1.807, 2.05) is 6.07 Å². The minimum Gasteiger partial charge on any atom is -0.395 e. The maximum absolute atomic E-state index is 11.6. The number of nitrogens with one attached hydrogen (secondary N) is 1. The third-order valence-corrected chi connectivity index (χ3v) is 2.28. The molecule has 0 saturated carbocycles. The molecule has 0 bridgehead atoms. The topological polar surface area (TPSA) is 95.0 Å². The third-order valence-electron chi connectivity index (χ3n) is 2.28. The number of carbonyl (C=O) groups excluding carboxylic acids is 1. The predicted molar refractivity (Wildman–Crippen MR) is 65.1 cm³/mol. The fraction of sp³-hybridized carbons (Fsp3) is 0.364. The number of hydrogen-bond donors (Lipinski definition) is 2. The summed E-state index contributed by atoms with van der Waals surface area (Å²) in [6, 6.07) is 3.04. The van der Waals surface area contributed by atoms with Crippen molar-refractivity contribution < 1.29 is 4.79 Å². The molecule has 1 aromatic heterocycles. The lowest BCUT2D eigenvalue weighted by Gasteiger charge is -2.19. The summed E-state index contributed by atoms with van der Waals surface area (Å²) >= 11 is 0. The first-order chi connectivity index (χ1) is 7.97. The van der Waals surface area contributed by atoms with Gasteiger partial charge in [0.1, 0.15) is 12.1 Å². The van der Waals surface area contributed by atoms with Gasteiger partial charge in [0.15, 0.2) is 5.82 Å². The van der Waals surface area contributed by atoms with Gasteiger partial charge in [-0.2, -0.15) is 5.26 Å². The van der Waals surface area contributed by atoms with Crippen LogP contribution in [0.1, 0.15) is 12.5 Å². The number of nitrogens with zero attached hydrogens (tertiary/aromatic N) is 3. The molecule has 0 aliphatic rings. The minimum atomic E-state index is -0.450. The van der Waals surface area contributed by atoms with Gasteiger partial charge in [-0.05, 0) is 13.0 Å². The zero-order valence-corrected chi connectivity index (χ0v) is 10.1. The van der Waals surface area contributed by atoms with Crippen LogP contribution in [0.15, 0.2) is 12.3 Å². The summed E-state index contributed by atoms with van der Waals surface area (Å²) in [5.74, 6) is 0.264. The fourth-order valence-electron chi connectivity index (χ4n) is 1.34.